The van der Waals surface area contributed by atoms with E-state index in [0.29, 0.717) is 6.54 Å². The monoisotopic (exact) mass is 258 g/mol. The molecule has 0 saturated heterocycles. The fourth-order valence-corrected chi connectivity index (χ4v) is 1.85. The third kappa shape index (κ3) is 3.08. The van der Waals surface area contributed by atoms with Crippen molar-refractivity contribution in [3.8, 4) is 11.1 Å². The van der Waals surface area contributed by atoms with E-state index in [4.69, 9.17) is 5.11 Å². The number of nitro groups is 1. The fraction of sp³-hybridized carbons (Fsp3) is 0.143. The average Bonchev–Trinajstić information content (AvgIpc) is 2.45. The van der Waals surface area contributed by atoms with Crippen molar-refractivity contribution < 1.29 is 10.0 Å². The van der Waals surface area contributed by atoms with Crippen molar-refractivity contribution in [1.29, 1.82) is 0 Å². The van der Waals surface area contributed by atoms with Gasteiger partial charge in [-0.1, -0.05) is 30.3 Å². The van der Waals surface area contributed by atoms with Crippen LogP contribution in [0.5, 0.6) is 0 Å². The smallest absolute Gasteiger partial charge is 0.270 e. The summed E-state index contributed by atoms with van der Waals surface area (Å²) < 4.78 is 0. The van der Waals surface area contributed by atoms with E-state index in [2.05, 4.69) is 5.32 Å². The lowest BCUT2D eigenvalue weighted by molar-refractivity contribution is -0.384. The van der Waals surface area contributed by atoms with Gasteiger partial charge in [-0.3, -0.25) is 10.1 Å². The van der Waals surface area contributed by atoms with Gasteiger partial charge in [0.05, 0.1) is 11.5 Å². The molecular weight excluding hydrogens is 244 g/mol. The van der Waals surface area contributed by atoms with Crippen molar-refractivity contribution in [2.75, 3.05) is 18.5 Å². The van der Waals surface area contributed by atoms with E-state index in [1.54, 1.807) is 6.07 Å². The van der Waals surface area contributed by atoms with Crippen LogP contribution in [0.4, 0.5) is 11.4 Å². The predicted octanol–water partition coefficient (Wildman–Crippen LogP) is 2.67. The van der Waals surface area contributed by atoms with E-state index in [0.717, 1.165) is 16.8 Å². The molecule has 0 radical (unpaired) electrons. The van der Waals surface area contributed by atoms with Crippen LogP contribution in [0.25, 0.3) is 11.1 Å². The summed E-state index contributed by atoms with van der Waals surface area (Å²) in [7, 11) is 0. The van der Waals surface area contributed by atoms with Crippen molar-refractivity contribution >= 4 is 11.4 Å². The van der Waals surface area contributed by atoms with Crippen LogP contribution in [-0.2, 0) is 0 Å². The first kappa shape index (κ1) is 13.0. The zero-order valence-electron chi connectivity index (χ0n) is 10.2. The van der Waals surface area contributed by atoms with Gasteiger partial charge in [-0.15, -0.1) is 0 Å². The SMILES string of the molecule is O=[N+]([O-])c1ccc(NCCO)c(-c2ccccc2)c1. The van der Waals surface area contributed by atoms with E-state index < -0.39 is 4.92 Å². The highest BCUT2D eigenvalue weighted by atomic mass is 16.6. The number of benzene rings is 2. The van der Waals surface area contributed by atoms with Gasteiger partial charge in [-0.2, -0.15) is 0 Å². The van der Waals surface area contributed by atoms with Crippen molar-refractivity contribution in [3.05, 3.63) is 58.6 Å². The molecular formula is C14H14N2O3. The minimum Gasteiger partial charge on any atom is -0.395 e. The highest BCUT2D eigenvalue weighted by molar-refractivity contribution is 5.79. The molecule has 0 amide bonds. The number of non-ortho nitro benzene ring substituents is 1. The van der Waals surface area contributed by atoms with Crippen molar-refractivity contribution in [2.24, 2.45) is 0 Å². The maximum absolute atomic E-state index is 10.9. The van der Waals surface area contributed by atoms with E-state index in [1.807, 2.05) is 30.3 Å². The van der Waals surface area contributed by atoms with Crippen LogP contribution in [-0.4, -0.2) is 23.2 Å². The van der Waals surface area contributed by atoms with E-state index in [9.17, 15) is 10.1 Å². The van der Waals surface area contributed by atoms with Gasteiger partial charge in [0.2, 0.25) is 0 Å². The first-order chi connectivity index (χ1) is 9.22. The number of hydrogen-bond donors (Lipinski definition) is 2. The molecule has 98 valence electrons. The van der Waals surface area contributed by atoms with E-state index in [1.165, 1.54) is 12.1 Å². The van der Waals surface area contributed by atoms with Gasteiger partial charge >= 0.3 is 0 Å². The third-order valence-electron chi connectivity index (χ3n) is 2.73. The van der Waals surface area contributed by atoms with Gasteiger partial charge < -0.3 is 10.4 Å². The molecule has 0 atom stereocenters. The summed E-state index contributed by atoms with van der Waals surface area (Å²) in [5, 5.41) is 22.8. The molecule has 0 fully saturated rings. The Balaban J connectivity index is 2.47. The van der Waals surface area contributed by atoms with Gasteiger partial charge in [0, 0.05) is 29.9 Å². The number of nitro benzene ring substituents is 1. The Morgan fingerprint density at radius 1 is 1.16 bits per heavy atom. The molecule has 0 bridgehead atoms. The van der Waals surface area contributed by atoms with E-state index in [-0.39, 0.29) is 12.3 Å². The topological polar surface area (TPSA) is 75.4 Å². The molecule has 0 heterocycles. The highest BCUT2D eigenvalue weighted by Crippen LogP contribution is 2.31. The van der Waals surface area contributed by atoms with Crippen molar-refractivity contribution in [1.82, 2.24) is 0 Å². The number of nitrogens with zero attached hydrogens (tertiary/aromatic N) is 1. The van der Waals surface area contributed by atoms with Crippen LogP contribution in [0.1, 0.15) is 0 Å². The lowest BCUT2D eigenvalue weighted by Gasteiger charge is -2.11. The molecule has 2 aromatic carbocycles. The molecule has 0 aliphatic carbocycles. The molecule has 5 nitrogen and oxygen atoms in total. The molecule has 2 rings (SSSR count). The molecule has 19 heavy (non-hydrogen) atoms. The van der Waals surface area contributed by atoms with Crippen LogP contribution < -0.4 is 5.32 Å². The maximum atomic E-state index is 10.9. The molecule has 2 N–H and O–H groups in total. The normalized spacial score (nSPS) is 10.2. The molecule has 0 saturated carbocycles. The zero-order chi connectivity index (χ0) is 13.7. The lowest BCUT2D eigenvalue weighted by atomic mass is 10.0. The minimum absolute atomic E-state index is 0.00518. The van der Waals surface area contributed by atoms with Gasteiger partial charge in [-0.25, -0.2) is 0 Å². The lowest BCUT2D eigenvalue weighted by Crippen LogP contribution is -2.06. The summed E-state index contributed by atoms with van der Waals surface area (Å²) in [5.74, 6) is 0. The summed E-state index contributed by atoms with van der Waals surface area (Å²) in [6.07, 6.45) is 0. The Morgan fingerprint density at radius 2 is 1.89 bits per heavy atom. The number of nitrogens with one attached hydrogen (secondary N) is 1. The Kier molecular flexibility index (Phi) is 4.10. The zero-order valence-corrected chi connectivity index (χ0v) is 10.2. The third-order valence-corrected chi connectivity index (χ3v) is 2.73. The summed E-state index contributed by atoms with van der Waals surface area (Å²) >= 11 is 0. The number of anilines is 1. The Morgan fingerprint density at radius 3 is 2.53 bits per heavy atom. The second-order valence-electron chi connectivity index (χ2n) is 4.00. The average molecular weight is 258 g/mol. The predicted molar refractivity (Wildman–Crippen MR) is 74.1 cm³/mol. The number of aliphatic hydroxyl groups excluding tert-OH is 1. The first-order valence-corrected chi connectivity index (χ1v) is 5.91. The number of rotatable bonds is 5. The van der Waals surface area contributed by atoms with Crippen LogP contribution in [0.3, 0.4) is 0 Å². The summed E-state index contributed by atoms with van der Waals surface area (Å²) in [4.78, 5) is 10.4. The molecule has 0 unspecified atom stereocenters. The molecule has 0 aliphatic heterocycles. The molecule has 0 aromatic heterocycles. The number of hydrogen-bond acceptors (Lipinski definition) is 4. The quantitative estimate of drug-likeness (QED) is 0.638. The molecule has 0 spiro atoms. The van der Waals surface area contributed by atoms with Crippen molar-refractivity contribution in [3.63, 3.8) is 0 Å². The van der Waals surface area contributed by atoms with Crippen LogP contribution >= 0.6 is 0 Å². The van der Waals surface area contributed by atoms with Crippen LogP contribution in [0.15, 0.2) is 48.5 Å². The second kappa shape index (κ2) is 5.97. The molecule has 0 aliphatic rings. The Bertz CT molecular complexity index is 570. The highest BCUT2D eigenvalue weighted by Gasteiger charge is 2.11. The summed E-state index contributed by atoms with van der Waals surface area (Å²) in [5.41, 5.74) is 2.47. The van der Waals surface area contributed by atoms with Gasteiger partial charge in [-0.05, 0) is 11.6 Å². The first-order valence-electron chi connectivity index (χ1n) is 5.91. The largest absolute Gasteiger partial charge is 0.395 e. The summed E-state index contributed by atoms with van der Waals surface area (Å²) in [6, 6.07) is 14.1. The van der Waals surface area contributed by atoms with Gasteiger partial charge in [0.1, 0.15) is 0 Å². The summed E-state index contributed by atoms with van der Waals surface area (Å²) in [6.45, 7) is 0.406. The van der Waals surface area contributed by atoms with Crippen molar-refractivity contribution in [2.45, 2.75) is 0 Å². The molecule has 5 heteroatoms. The van der Waals surface area contributed by atoms with Crippen LogP contribution in [0, 0.1) is 10.1 Å². The molecule has 2 aromatic rings. The standard InChI is InChI=1S/C14H14N2O3/c17-9-8-15-14-7-6-12(16(18)19)10-13(14)11-4-2-1-3-5-11/h1-7,10,15,17H,8-9H2. The second-order valence-corrected chi connectivity index (χ2v) is 4.00. The van der Waals surface area contributed by atoms with Crippen LogP contribution in [0.2, 0.25) is 0 Å². The van der Waals surface area contributed by atoms with Gasteiger partial charge in [0.25, 0.3) is 5.69 Å². The Hall–Kier alpha value is -2.40. The van der Waals surface area contributed by atoms with E-state index >= 15 is 0 Å². The van der Waals surface area contributed by atoms with Gasteiger partial charge in [0.15, 0.2) is 0 Å². The Labute approximate surface area is 110 Å². The minimum atomic E-state index is -0.414. The maximum Gasteiger partial charge on any atom is 0.270 e. The number of aliphatic hydroxyl groups is 1. The fourth-order valence-electron chi connectivity index (χ4n) is 1.85.